The molecule has 0 saturated carbocycles. The Bertz CT molecular complexity index is 658. The zero-order chi connectivity index (χ0) is 14.1. The van der Waals surface area contributed by atoms with E-state index in [9.17, 15) is 15.1 Å². The highest BCUT2D eigenvalue weighted by atomic mass is 16.6. The van der Waals surface area contributed by atoms with Crippen molar-refractivity contribution in [1.82, 2.24) is 0 Å². The summed E-state index contributed by atoms with van der Waals surface area (Å²) in [5.74, 6) is 1.10. The maximum absolute atomic E-state index is 10.6. The minimum Gasteiger partial charge on any atom is -0.457 e. The minimum atomic E-state index is -0.876. The van der Waals surface area contributed by atoms with Gasteiger partial charge < -0.3 is 14.4 Å². The predicted octanol–water partition coefficient (Wildman–Crippen LogP) is 1.60. The van der Waals surface area contributed by atoms with Gasteiger partial charge in [0.15, 0.2) is 0 Å². The Morgan fingerprint density at radius 3 is 2.60 bits per heavy atom. The molecule has 20 heavy (non-hydrogen) atoms. The molecule has 3 rings (SSSR count). The van der Waals surface area contributed by atoms with E-state index in [0.717, 1.165) is 11.0 Å². The van der Waals surface area contributed by atoms with Crippen molar-refractivity contribution in [2.24, 2.45) is 0 Å². The Balaban J connectivity index is 1.79. The van der Waals surface area contributed by atoms with E-state index < -0.39 is 12.0 Å². The average Bonchev–Trinajstić information content (AvgIpc) is 2.81. The summed E-state index contributed by atoms with van der Waals surface area (Å²) in [6.45, 7) is 0.341. The highest BCUT2D eigenvalue weighted by Crippen LogP contribution is 2.25. The molecule has 2 aromatic rings. The summed E-state index contributed by atoms with van der Waals surface area (Å²) in [5.41, 5.74) is 1.63. The van der Waals surface area contributed by atoms with E-state index in [1.54, 1.807) is 18.2 Å². The lowest BCUT2D eigenvalue weighted by atomic mass is 9.80. The van der Waals surface area contributed by atoms with Crippen molar-refractivity contribution in [3.05, 3.63) is 58.1 Å². The van der Waals surface area contributed by atoms with E-state index in [0.29, 0.717) is 18.1 Å². The summed E-state index contributed by atoms with van der Waals surface area (Å²) in [4.78, 5) is 10.1. The highest BCUT2D eigenvalue weighted by molar-refractivity contribution is 6.61. The normalized spacial score (nSPS) is 13.2. The second-order valence-electron chi connectivity index (χ2n) is 4.38. The van der Waals surface area contributed by atoms with Crippen LogP contribution in [0, 0.1) is 10.1 Å². The van der Waals surface area contributed by atoms with Crippen LogP contribution in [0.2, 0.25) is 0 Å². The molecule has 7 heteroatoms. The van der Waals surface area contributed by atoms with Crippen molar-refractivity contribution in [3.8, 4) is 11.5 Å². The van der Waals surface area contributed by atoms with Crippen molar-refractivity contribution >= 4 is 18.3 Å². The Morgan fingerprint density at radius 1 is 1.20 bits per heavy atom. The van der Waals surface area contributed by atoms with Gasteiger partial charge in [0.2, 0.25) is 0 Å². The first-order chi connectivity index (χ1) is 9.63. The number of non-ortho nitro benzene ring substituents is 1. The maximum atomic E-state index is 10.6. The van der Waals surface area contributed by atoms with E-state index >= 15 is 0 Å². The van der Waals surface area contributed by atoms with Crippen LogP contribution in [-0.4, -0.2) is 17.1 Å². The van der Waals surface area contributed by atoms with Crippen molar-refractivity contribution in [1.29, 1.82) is 0 Å². The first-order valence-electron chi connectivity index (χ1n) is 5.98. The Morgan fingerprint density at radius 2 is 1.90 bits per heavy atom. The number of hydrogen-bond acceptors (Lipinski definition) is 5. The van der Waals surface area contributed by atoms with Gasteiger partial charge in [-0.15, -0.1) is 0 Å². The van der Waals surface area contributed by atoms with Crippen LogP contribution in [0.25, 0.3) is 0 Å². The van der Waals surface area contributed by atoms with Crippen molar-refractivity contribution in [2.75, 3.05) is 0 Å². The number of nitro groups is 1. The fourth-order valence-electron chi connectivity index (χ4n) is 2.04. The Labute approximate surface area is 114 Å². The van der Waals surface area contributed by atoms with Gasteiger partial charge >= 0.3 is 7.12 Å². The summed E-state index contributed by atoms with van der Waals surface area (Å²) in [6, 6.07) is 11.1. The molecule has 0 radical (unpaired) electrons. The fraction of sp³-hybridized carbons (Fsp3) is 0.0769. The molecule has 1 aliphatic rings. The number of nitro benzene ring substituents is 1. The maximum Gasteiger partial charge on any atom is 0.491 e. The molecule has 0 bridgehead atoms. The molecule has 0 aromatic heterocycles. The molecule has 0 unspecified atom stereocenters. The number of benzene rings is 2. The molecule has 0 saturated heterocycles. The van der Waals surface area contributed by atoms with Gasteiger partial charge in [-0.1, -0.05) is 6.07 Å². The van der Waals surface area contributed by atoms with Crippen molar-refractivity contribution < 1.29 is 19.3 Å². The average molecular weight is 271 g/mol. The molecule has 0 amide bonds. The molecule has 0 spiro atoms. The number of rotatable bonds is 3. The summed E-state index contributed by atoms with van der Waals surface area (Å²) in [7, 11) is -0.876. The number of nitrogens with zero attached hydrogens (tertiary/aromatic N) is 1. The molecular weight excluding hydrogens is 261 g/mol. The second kappa shape index (κ2) is 4.95. The molecule has 100 valence electrons. The summed E-state index contributed by atoms with van der Waals surface area (Å²) >= 11 is 0. The zero-order valence-electron chi connectivity index (χ0n) is 10.4. The first kappa shape index (κ1) is 12.6. The molecule has 6 nitrogen and oxygen atoms in total. The van der Waals surface area contributed by atoms with Crippen molar-refractivity contribution in [3.63, 3.8) is 0 Å². The van der Waals surface area contributed by atoms with Gasteiger partial charge in [-0.05, 0) is 35.3 Å². The number of ether oxygens (including phenoxy) is 1. The minimum absolute atomic E-state index is 0.0165. The topological polar surface area (TPSA) is 81.8 Å². The van der Waals surface area contributed by atoms with Crippen LogP contribution in [0.1, 0.15) is 5.56 Å². The van der Waals surface area contributed by atoms with E-state index in [1.807, 2.05) is 0 Å². The van der Waals surface area contributed by atoms with Gasteiger partial charge in [-0.3, -0.25) is 10.1 Å². The van der Waals surface area contributed by atoms with E-state index in [2.05, 4.69) is 0 Å². The van der Waals surface area contributed by atoms with E-state index in [-0.39, 0.29) is 5.69 Å². The fourth-order valence-corrected chi connectivity index (χ4v) is 2.04. The molecular formula is C13H10BNO5. The molecule has 1 heterocycles. The number of fused-ring (bicyclic) bond motifs is 1. The van der Waals surface area contributed by atoms with Gasteiger partial charge in [-0.25, -0.2) is 0 Å². The van der Waals surface area contributed by atoms with Gasteiger partial charge in [0.25, 0.3) is 5.69 Å². The molecule has 0 fully saturated rings. The van der Waals surface area contributed by atoms with Crippen LogP contribution < -0.4 is 10.2 Å². The first-order valence-corrected chi connectivity index (χ1v) is 5.98. The third-order valence-electron chi connectivity index (χ3n) is 3.06. The summed E-state index contributed by atoms with van der Waals surface area (Å²) < 4.78 is 10.7. The summed E-state index contributed by atoms with van der Waals surface area (Å²) in [5, 5.41) is 20.1. The molecule has 0 aliphatic carbocycles. The summed E-state index contributed by atoms with van der Waals surface area (Å²) in [6.07, 6.45) is 0. The van der Waals surface area contributed by atoms with Crippen LogP contribution in [-0.2, 0) is 11.3 Å². The molecule has 1 N–H and O–H groups in total. The SMILES string of the molecule is O=[N+]([O-])c1ccc(Oc2ccc3c(c2)COB3O)cc1. The van der Waals surface area contributed by atoms with E-state index in [4.69, 9.17) is 9.39 Å². The predicted molar refractivity (Wildman–Crippen MR) is 72.0 cm³/mol. The standard InChI is InChI=1S/C13H10BNO5/c16-14-13-6-5-12(7-9(13)8-19-14)20-11-3-1-10(2-4-11)15(17)18/h1-7,16H,8H2. The highest BCUT2D eigenvalue weighted by Gasteiger charge is 2.27. The van der Waals surface area contributed by atoms with Crippen LogP contribution in [0.5, 0.6) is 11.5 Å². The number of hydrogen-bond donors (Lipinski definition) is 1. The Hall–Kier alpha value is -2.38. The molecule has 2 aromatic carbocycles. The lowest BCUT2D eigenvalue weighted by molar-refractivity contribution is -0.384. The lowest BCUT2D eigenvalue weighted by Crippen LogP contribution is -2.27. The van der Waals surface area contributed by atoms with Gasteiger partial charge in [0, 0.05) is 12.1 Å². The van der Waals surface area contributed by atoms with E-state index in [1.165, 1.54) is 24.3 Å². The lowest BCUT2D eigenvalue weighted by Gasteiger charge is -2.07. The third-order valence-corrected chi connectivity index (χ3v) is 3.06. The van der Waals surface area contributed by atoms with Crippen molar-refractivity contribution in [2.45, 2.75) is 6.61 Å². The van der Waals surface area contributed by atoms with Gasteiger partial charge in [0.1, 0.15) is 11.5 Å². The Kier molecular flexibility index (Phi) is 3.13. The van der Waals surface area contributed by atoms with Crippen LogP contribution >= 0.6 is 0 Å². The van der Waals surface area contributed by atoms with Crippen LogP contribution in [0.3, 0.4) is 0 Å². The largest absolute Gasteiger partial charge is 0.491 e. The zero-order valence-corrected chi connectivity index (χ0v) is 10.4. The molecule has 0 atom stereocenters. The monoisotopic (exact) mass is 271 g/mol. The smallest absolute Gasteiger partial charge is 0.457 e. The quantitative estimate of drug-likeness (QED) is 0.521. The van der Waals surface area contributed by atoms with Gasteiger partial charge in [0.05, 0.1) is 11.5 Å². The second-order valence-corrected chi connectivity index (χ2v) is 4.38. The van der Waals surface area contributed by atoms with Crippen LogP contribution in [0.15, 0.2) is 42.5 Å². The molecule has 1 aliphatic heterocycles. The third kappa shape index (κ3) is 2.36. The van der Waals surface area contributed by atoms with Gasteiger partial charge in [-0.2, -0.15) is 0 Å². The van der Waals surface area contributed by atoms with Crippen LogP contribution in [0.4, 0.5) is 5.69 Å².